The van der Waals surface area contributed by atoms with Gasteiger partial charge in [0.2, 0.25) is 0 Å². The second-order valence-corrected chi connectivity index (χ2v) is 5.53. The lowest BCUT2D eigenvalue weighted by Crippen LogP contribution is -2.34. The van der Waals surface area contributed by atoms with E-state index in [2.05, 4.69) is 10.6 Å². The Balaban J connectivity index is 2.03. The highest BCUT2D eigenvalue weighted by Crippen LogP contribution is 2.21. The van der Waals surface area contributed by atoms with Crippen LogP contribution < -0.4 is 15.4 Å². The lowest BCUT2D eigenvalue weighted by Gasteiger charge is -2.12. The molecule has 0 saturated carbocycles. The molecule has 0 radical (unpaired) electrons. The van der Waals surface area contributed by atoms with Gasteiger partial charge in [-0.3, -0.25) is 20.2 Å². The molecule has 0 unspecified atom stereocenters. The van der Waals surface area contributed by atoms with Gasteiger partial charge in [0.25, 0.3) is 11.6 Å². The monoisotopic (exact) mass is 359 g/mol. The molecule has 2 N–H and O–H groups in total. The van der Waals surface area contributed by atoms with Crippen LogP contribution in [0.25, 0.3) is 0 Å². The average molecular weight is 359 g/mol. The summed E-state index contributed by atoms with van der Waals surface area (Å²) in [5.41, 5.74) is 1.63. The van der Waals surface area contributed by atoms with Gasteiger partial charge in [-0.25, -0.2) is 0 Å². The molecule has 0 spiro atoms. The van der Waals surface area contributed by atoms with Crippen LogP contribution in [0.1, 0.15) is 22.8 Å². The molecule has 0 aliphatic rings. The maximum Gasteiger partial charge on any atom is 0.269 e. The third-order valence-corrected chi connectivity index (χ3v) is 3.51. The SMILES string of the molecule is CCOc1cccc(C(=O)NC(=S)Nc2ccc([N+](=O)[O-])cc2C)c1. The fraction of sp³-hybridized carbons (Fsp3) is 0.176. The van der Waals surface area contributed by atoms with Gasteiger partial charge in [0.15, 0.2) is 5.11 Å². The first-order valence-corrected chi connectivity index (χ1v) is 7.91. The lowest BCUT2D eigenvalue weighted by atomic mass is 10.2. The molecular weight excluding hydrogens is 342 g/mol. The quantitative estimate of drug-likeness (QED) is 0.483. The largest absolute Gasteiger partial charge is 0.494 e. The van der Waals surface area contributed by atoms with Crippen molar-refractivity contribution < 1.29 is 14.5 Å². The van der Waals surface area contributed by atoms with Crippen LogP contribution in [0.4, 0.5) is 11.4 Å². The fourth-order valence-corrected chi connectivity index (χ4v) is 2.33. The van der Waals surface area contributed by atoms with E-state index in [-0.39, 0.29) is 16.7 Å². The van der Waals surface area contributed by atoms with Gasteiger partial charge in [-0.15, -0.1) is 0 Å². The molecular formula is C17H17N3O4S. The van der Waals surface area contributed by atoms with Crippen molar-refractivity contribution in [1.82, 2.24) is 5.32 Å². The minimum Gasteiger partial charge on any atom is -0.494 e. The number of amides is 1. The highest BCUT2D eigenvalue weighted by Gasteiger charge is 2.12. The number of nitro benzene ring substituents is 1. The molecule has 8 heteroatoms. The van der Waals surface area contributed by atoms with E-state index in [1.165, 1.54) is 12.1 Å². The van der Waals surface area contributed by atoms with Crippen LogP contribution in [-0.2, 0) is 0 Å². The van der Waals surface area contributed by atoms with Gasteiger partial charge in [0, 0.05) is 23.4 Å². The zero-order valence-corrected chi connectivity index (χ0v) is 14.6. The molecule has 0 aromatic heterocycles. The number of ether oxygens (including phenoxy) is 1. The zero-order valence-electron chi connectivity index (χ0n) is 13.7. The summed E-state index contributed by atoms with van der Waals surface area (Å²) >= 11 is 5.13. The van der Waals surface area contributed by atoms with Gasteiger partial charge in [-0.2, -0.15) is 0 Å². The number of rotatable bonds is 5. The maximum absolute atomic E-state index is 12.2. The zero-order chi connectivity index (χ0) is 18.4. The number of non-ortho nitro benzene ring substituents is 1. The van der Waals surface area contributed by atoms with E-state index in [9.17, 15) is 14.9 Å². The summed E-state index contributed by atoms with van der Waals surface area (Å²) in [6.45, 7) is 4.08. The summed E-state index contributed by atoms with van der Waals surface area (Å²) in [7, 11) is 0. The first-order chi connectivity index (χ1) is 11.9. The van der Waals surface area contributed by atoms with Gasteiger partial charge in [-0.05, 0) is 55.9 Å². The van der Waals surface area contributed by atoms with Crippen molar-refractivity contribution in [3.63, 3.8) is 0 Å². The van der Waals surface area contributed by atoms with Crippen LogP contribution in [0, 0.1) is 17.0 Å². The number of aryl methyl sites for hydroxylation is 1. The third kappa shape index (κ3) is 4.98. The second-order valence-electron chi connectivity index (χ2n) is 5.13. The van der Waals surface area contributed by atoms with E-state index in [0.29, 0.717) is 29.2 Å². The summed E-state index contributed by atoms with van der Waals surface area (Å²) in [6.07, 6.45) is 0. The Bertz CT molecular complexity index is 823. The molecule has 0 heterocycles. The van der Waals surface area contributed by atoms with Crippen LogP contribution in [0.2, 0.25) is 0 Å². The minimum absolute atomic E-state index is 0.00857. The fourth-order valence-electron chi connectivity index (χ4n) is 2.12. The normalized spacial score (nSPS) is 10.0. The topological polar surface area (TPSA) is 93.5 Å². The Morgan fingerprint density at radius 1 is 1.28 bits per heavy atom. The predicted molar refractivity (Wildman–Crippen MR) is 99.1 cm³/mol. The number of hydrogen-bond acceptors (Lipinski definition) is 5. The molecule has 25 heavy (non-hydrogen) atoms. The highest BCUT2D eigenvalue weighted by molar-refractivity contribution is 7.80. The molecule has 0 aliphatic carbocycles. The van der Waals surface area contributed by atoms with Gasteiger partial charge in [-0.1, -0.05) is 6.07 Å². The predicted octanol–water partition coefficient (Wildman–Crippen LogP) is 3.43. The van der Waals surface area contributed by atoms with Crippen molar-refractivity contribution in [3.05, 3.63) is 63.7 Å². The molecule has 0 fully saturated rings. The summed E-state index contributed by atoms with van der Waals surface area (Å²) in [6, 6.07) is 11.1. The molecule has 2 rings (SSSR count). The van der Waals surface area contributed by atoms with Crippen molar-refractivity contribution in [1.29, 1.82) is 0 Å². The van der Waals surface area contributed by atoms with Crippen molar-refractivity contribution in [3.8, 4) is 5.75 Å². The molecule has 2 aromatic carbocycles. The van der Waals surface area contributed by atoms with Crippen molar-refractivity contribution >= 4 is 34.6 Å². The Kier molecular flexibility index (Phi) is 6.02. The van der Waals surface area contributed by atoms with Crippen LogP contribution in [0.5, 0.6) is 5.75 Å². The van der Waals surface area contributed by atoms with Crippen molar-refractivity contribution in [2.75, 3.05) is 11.9 Å². The second kappa shape index (κ2) is 8.20. The highest BCUT2D eigenvalue weighted by atomic mass is 32.1. The van der Waals surface area contributed by atoms with E-state index in [1.807, 2.05) is 6.92 Å². The number of hydrogen-bond donors (Lipinski definition) is 2. The summed E-state index contributed by atoms with van der Waals surface area (Å²) in [5, 5.41) is 16.3. The van der Waals surface area contributed by atoms with Crippen LogP contribution >= 0.6 is 12.2 Å². The molecule has 130 valence electrons. The first kappa shape index (κ1) is 18.3. The minimum atomic E-state index is -0.470. The molecule has 0 saturated heterocycles. The molecule has 0 aliphatic heterocycles. The standard InChI is InChI=1S/C17H17N3O4S/c1-3-24-14-6-4-5-12(10-14)16(21)19-17(25)18-15-8-7-13(20(22)23)9-11(15)2/h4-10H,3H2,1-2H3,(H2,18,19,21,25). The Morgan fingerprint density at radius 3 is 2.68 bits per heavy atom. The third-order valence-electron chi connectivity index (χ3n) is 3.30. The van der Waals surface area contributed by atoms with E-state index in [0.717, 1.165) is 0 Å². The average Bonchev–Trinajstić information content (AvgIpc) is 2.57. The van der Waals surface area contributed by atoms with Crippen LogP contribution in [-0.4, -0.2) is 22.5 Å². The molecule has 7 nitrogen and oxygen atoms in total. The van der Waals surface area contributed by atoms with Crippen molar-refractivity contribution in [2.45, 2.75) is 13.8 Å². The lowest BCUT2D eigenvalue weighted by molar-refractivity contribution is -0.384. The Morgan fingerprint density at radius 2 is 2.04 bits per heavy atom. The Hall–Kier alpha value is -3.00. The first-order valence-electron chi connectivity index (χ1n) is 7.51. The van der Waals surface area contributed by atoms with Gasteiger partial charge >= 0.3 is 0 Å². The van der Waals surface area contributed by atoms with Crippen LogP contribution in [0.3, 0.4) is 0 Å². The summed E-state index contributed by atoms with van der Waals surface area (Å²) < 4.78 is 5.36. The molecule has 2 aromatic rings. The van der Waals surface area contributed by atoms with E-state index >= 15 is 0 Å². The van der Waals surface area contributed by atoms with Gasteiger partial charge in [0.1, 0.15) is 5.75 Å². The summed E-state index contributed by atoms with van der Waals surface area (Å²) in [5.74, 6) is 0.221. The van der Waals surface area contributed by atoms with E-state index < -0.39 is 4.92 Å². The van der Waals surface area contributed by atoms with E-state index in [1.54, 1.807) is 37.3 Å². The number of nitrogens with zero attached hydrogens (tertiary/aromatic N) is 1. The van der Waals surface area contributed by atoms with Gasteiger partial charge < -0.3 is 10.1 Å². The smallest absolute Gasteiger partial charge is 0.269 e. The number of thiocarbonyl (C=S) groups is 1. The van der Waals surface area contributed by atoms with Crippen LogP contribution in [0.15, 0.2) is 42.5 Å². The summed E-state index contributed by atoms with van der Waals surface area (Å²) in [4.78, 5) is 22.5. The Labute approximate surface area is 150 Å². The van der Waals surface area contributed by atoms with Gasteiger partial charge in [0.05, 0.1) is 11.5 Å². The number of nitro groups is 1. The molecule has 0 atom stereocenters. The van der Waals surface area contributed by atoms with E-state index in [4.69, 9.17) is 17.0 Å². The number of nitrogens with one attached hydrogen (secondary N) is 2. The number of carbonyl (C=O) groups is 1. The molecule has 1 amide bonds. The molecule has 0 bridgehead atoms. The van der Waals surface area contributed by atoms with Crippen molar-refractivity contribution in [2.24, 2.45) is 0 Å². The number of benzene rings is 2. The number of anilines is 1. The number of carbonyl (C=O) groups excluding carboxylic acids is 1. The maximum atomic E-state index is 12.2.